The first-order valence-corrected chi connectivity index (χ1v) is 25.5. The van der Waals surface area contributed by atoms with Crippen LogP contribution in [0, 0.1) is 0 Å². The lowest BCUT2D eigenvalue weighted by Gasteiger charge is -2.37. The summed E-state index contributed by atoms with van der Waals surface area (Å²) >= 11 is 0. The molecule has 0 rings (SSSR count). The molecule has 20 heteroatoms. The topological polar surface area (TPSA) is 240 Å². The number of aliphatic carboxylic acids is 1. The van der Waals surface area contributed by atoms with Crippen LogP contribution in [0.15, 0.2) is 0 Å². The third-order valence-corrected chi connectivity index (χ3v) is 18.5. The van der Waals surface area contributed by atoms with Crippen molar-refractivity contribution in [2.75, 3.05) is 0 Å². The van der Waals surface area contributed by atoms with E-state index < -0.39 is 119 Å². The smallest absolute Gasteiger partial charge is 0.347 e. The minimum absolute atomic E-state index is 0.0989. The number of carboxylic acids is 1. The Labute approximate surface area is 357 Å². The monoisotopic (exact) mass is 896 g/mol. The second-order valence-corrected chi connectivity index (χ2v) is 27.9. The van der Waals surface area contributed by atoms with Crippen molar-refractivity contribution in [1.29, 1.82) is 0 Å². The molecule has 1 N–H and O–H groups in total. The van der Waals surface area contributed by atoms with Gasteiger partial charge in [-0.15, -0.1) is 0 Å². The summed E-state index contributed by atoms with van der Waals surface area (Å²) in [5.74, 6) is -7.29. The van der Waals surface area contributed by atoms with Crippen LogP contribution in [0.1, 0.15) is 118 Å². The van der Waals surface area contributed by atoms with Gasteiger partial charge in [0.1, 0.15) is 17.8 Å². The number of carboxylic acid groups (broad SMARTS) is 1. The molecule has 0 saturated heterocycles. The van der Waals surface area contributed by atoms with E-state index in [4.69, 9.17) is 42.4 Å². The molecule has 0 aliphatic carbocycles. The van der Waals surface area contributed by atoms with Crippen LogP contribution in [-0.4, -0.2) is 124 Å². The Balaban J connectivity index is 0. The Bertz CT molecular complexity index is 1500. The highest BCUT2D eigenvalue weighted by Gasteiger charge is 2.42. The Morgan fingerprint density at radius 3 is 0.767 bits per heavy atom. The van der Waals surface area contributed by atoms with E-state index in [1.807, 2.05) is 67.7 Å². The zero-order chi connectivity index (χ0) is 48.1. The molecule has 0 radical (unpaired) electrons. The Morgan fingerprint density at radius 1 is 0.367 bits per heavy atom. The maximum absolute atomic E-state index is 12.3. The summed E-state index contributed by atoms with van der Waals surface area (Å²) in [7, 11) is -4.41. The molecule has 0 unspecified atom stereocenters. The molecule has 0 aliphatic heterocycles. The van der Waals surface area contributed by atoms with Gasteiger partial charge in [0.15, 0.2) is 53.3 Å². The van der Waals surface area contributed by atoms with Gasteiger partial charge in [0.05, 0.1) is 0 Å². The van der Waals surface area contributed by atoms with Gasteiger partial charge in [0, 0.05) is 0 Å². The number of carbonyl (C=O) groups is 8. The minimum Gasteiger partial charge on any atom is -0.479 e. The highest BCUT2D eigenvalue weighted by Crippen LogP contribution is 2.38. The standard InChI is InChI=1S/C22H40O9Si.C18H32O9Si/c1-13(18(24)29-15(3)20(26)30-21(5,6)7)27-17(23)14(2)28-19(25)16(4)31-32(11,12)22(8,9)10;1-10(14(19)20)24-15(21)11(2)25-16(22)12(3)26-17(23)13(4)27-28(8,9)18(5,6)7/h13-16H,1-12H3;10-13H,1-9H3,(H,19,20)/t13-,14-,15-,16-;10-,11-,12-,13-/m00/s1. The highest BCUT2D eigenvalue weighted by molar-refractivity contribution is 6.74. The van der Waals surface area contributed by atoms with Crippen molar-refractivity contribution in [2.24, 2.45) is 0 Å². The molecule has 0 aromatic carbocycles. The van der Waals surface area contributed by atoms with Crippen LogP contribution in [0.2, 0.25) is 36.3 Å². The molecule has 0 aromatic heterocycles. The molecule has 0 bridgehead atoms. The maximum atomic E-state index is 12.3. The molecule has 0 fully saturated rings. The van der Waals surface area contributed by atoms with Crippen LogP contribution in [-0.2, 0) is 80.4 Å². The first-order chi connectivity index (χ1) is 26.7. The zero-order valence-electron chi connectivity index (χ0n) is 39.5. The third-order valence-electron chi connectivity index (χ3n) is 9.39. The van der Waals surface area contributed by atoms with E-state index in [1.54, 1.807) is 34.6 Å². The summed E-state index contributed by atoms with van der Waals surface area (Å²) in [5.41, 5.74) is -0.736. The second kappa shape index (κ2) is 23.4. The predicted molar refractivity (Wildman–Crippen MR) is 222 cm³/mol. The largest absolute Gasteiger partial charge is 0.479 e. The van der Waals surface area contributed by atoms with Crippen molar-refractivity contribution in [1.82, 2.24) is 0 Å². The number of hydrogen-bond donors (Lipinski definition) is 1. The summed E-state index contributed by atoms with van der Waals surface area (Å²) in [6.45, 7) is 36.0. The fourth-order valence-corrected chi connectivity index (χ4v) is 6.30. The Hall–Kier alpha value is -3.89. The van der Waals surface area contributed by atoms with E-state index in [2.05, 4.69) is 4.74 Å². The van der Waals surface area contributed by atoms with Crippen molar-refractivity contribution in [3.8, 4) is 0 Å². The van der Waals surface area contributed by atoms with Gasteiger partial charge >= 0.3 is 47.8 Å². The van der Waals surface area contributed by atoms with Crippen molar-refractivity contribution >= 4 is 64.4 Å². The van der Waals surface area contributed by atoms with Crippen LogP contribution in [0.25, 0.3) is 0 Å². The third kappa shape index (κ3) is 21.1. The Morgan fingerprint density at radius 2 is 0.567 bits per heavy atom. The summed E-state index contributed by atoms with van der Waals surface area (Å²) < 4.78 is 46.7. The summed E-state index contributed by atoms with van der Waals surface area (Å²) in [5, 5.41) is 8.51. The minimum atomic E-state index is -2.21. The van der Waals surface area contributed by atoms with E-state index in [-0.39, 0.29) is 10.1 Å². The lowest BCUT2D eigenvalue weighted by molar-refractivity contribution is -0.185. The molecule has 8 atom stereocenters. The Kier molecular flexibility index (Phi) is 22.7. The normalized spacial score (nSPS) is 16.3. The molecule has 0 amide bonds. The average Bonchev–Trinajstić information content (AvgIpc) is 3.05. The lowest BCUT2D eigenvalue weighted by atomic mass is 10.2. The second-order valence-electron chi connectivity index (χ2n) is 18.4. The molecule has 0 aliphatic rings. The van der Waals surface area contributed by atoms with Gasteiger partial charge in [-0.2, -0.15) is 0 Å². The van der Waals surface area contributed by atoms with Crippen molar-refractivity contribution in [2.45, 2.75) is 208 Å². The number of hydrogen-bond acceptors (Lipinski definition) is 17. The average molecular weight is 897 g/mol. The van der Waals surface area contributed by atoms with E-state index in [0.29, 0.717) is 0 Å². The van der Waals surface area contributed by atoms with Crippen LogP contribution in [0.3, 0.4) is 0 Å². The van der Waals surface area contributed by atoms with Gasteiger partial charge in [-0.3, -0.25) is 0 Å². The molecular formula is C40H72O18Si2. The summed E-state index contributed by atoms with van der Waals surface area (Å²) in [4.78, 5) is 95.3. The SMILES string of the molecule is C[C@H](OC(=O)[C@H](C)OC(=O)[C@H](C)OC(=O)[C@H](C)O[Si](C)(C)C(C)(C)C)C(=O)O.C[C@H](OC(=O)[C@H](C)OC(=O)[C@H](C)O[Si](C)(C)C(C)(C)C)C(=O)O[C@@H](C)C(=O)OC(C)(C)C. The number of esters is 7. The first kappa shape index (κ1) is 58.2. The van der Waals surface area contributed by atoms with E-state index in [1.165, 1.54) is 41.5 Å². The number of rotatable bonds is 18. The van der Waals surface area contributed by atoms with Crippen LogP contribution >= 0.6 is 0 Å². The van der Waals surface area contributed by atoms with Crippen LogP contribution < -0.4 is 0 Å². The van der Waals surface area contributed by atoms with Crippen LogP contribution in [0.5, 0.6) is 0 Å². The maximum Gasteiger partial charge on any atom is 0.347 e. The van der Waals surface area contributed by atoms with E-state index in [0.717, 1.165) is 0 Å². The van der Waals surface area contributed by atoms with E-state index >= 15 is 0 Å². The zero-order valence-corrected chi connectivity index (χ0v) is 41.5. The molecule has 0 spiro atoms. The molecule has 0 heterocycles. The van der Waals surface area contributed by atoms with Gasteiger partial charge in [0.25, 0.3) is 0 Å². The van der Waals surface area contributed by atoms with Crippen LogP contribution in [0.4, 0.5) is 0 Å². The fraction of sp³-hybridized carbons (Fsp3) is 0.800. The van der Waals surface area contributed by atoms with Gasteiger partial charge in [-0.05, 0) is 112 Å². The summed E-state index contributed by atoms with van der Waals surface area (Å²) in [6, 6.07) is 0. The van der Waals surface area contributed by atoms with Crippen molar-refractivity contribution in [3.63, 3.8) is 0 Å². The first-order valence-electron chi connectivity index (χ1n) is 19.7. The highest BCUT2D eigenvalue weighted by atomic mass is 28.4. The van der Waals surface area contributed by atoms with Crippen molar-refractivity contribution in [3.05, 3.63) is 0 Å². The predicted octanol–water partition coefficient (Wildman–Crippen LogP) is 5.81. The summed E-state index contributed by atoms with van der Waals surface area (Å²) in [6.07, 6.45) is -9.47. The van der Waals surface area contributed by atoms with Gasteiger partial charge < -0.3 is 47.1 Å². The van der Waals surface area contributed by atoms with E-state index in [9.17, 15) is 38.4 Å². The molecule has 0 aromatic rings. The molecule has 0 saturated carbocycles. The van der Waals surface area contributed by atoms with Gasteiger partial charge in [-0.25, -0.2) is 38.4 Å². The quantitative estimate of drug-likeness (QED) is 0.0970. The molecular weight excluding hydrogens is 825 g/mol. The molecule has 348 valence electrons. The fourth-order valence-electron chi connectivity index (χ4n) is 3.63. The van der Waals surface area contributed by atoms with Crippen molar-refractivity contribution < 1.29 is 85.5 Å². The number of carbonyl (C=O) groups excluding carboxylic acids is 7. The van der Waals surface area contributed by atoms with Gasteiger partial charge in [0.2, 0.25) is 0 Å². The number of ether oxygens (including phenoxy) is 7. The molecule has 60 heavy (non-hydrogen) atoms. The lowest BCUT2D eigenvalue weighted by Crippen LogP contribution is -2.46. The van der Waals surface area contributed by atoms with Gasteiger partial charge in [-0.1, -0.05) is 41.5 Å². The molecule has 18 nitrogen and oxygen atoms in total.